The zero-order valence-corrected chi connectivity index (χ0v) is 19.8. The SMILES string of the molecule is CCn1c(SCC(=O)N2CCN(C3CCS(=O)(=O)C3)CC2)nnc1-c1ccc(Cl)cc1. The van der Waals surface area contributed by atoms with E-state index in [2.05, 4.69) is 15.1 Å². The molecule has 2 fully saturated rings. The molecule has 0 bridgehead atoms. The van der Waals surface area contributed by atoms with Crippen molar-refractivity contribution >= 4 is 39.1 Å². The topological polar surface area (TPSA) is 88.4 Å². The Balaban J connectivity index is 1.32. The number of carbonyl (C=O) groups is 1. The van der Waals surface area contributed by atoms with Crippen LogP contribution in [-0.4, -0.2) is 88.4 Å². The summed E-state index contributed by atoms with van der Waals surface area (Å²) in [5, 5.41) is 9.99. The maximum Gasteiger partial charge on any atom is 0.233 e. The third kappa shape index (κ3) is 5.24. The van der Waals surface area contributed by atoms with Crippen molar-refractivity contribution in [2.75, 3.05) is 43.4 Å². The third-order valence-corrected chi connectivity index (χ3v) is 8.81. The molecule has 1 aromatic carbocycles. The molecule has 0 aliphatic carbocycles. The minimum Gasteiger partial charge on any atom is -0.339 e. The van der Waals surface area contributed by atoms with Crippen LogP contribution in [0.1, 0.15) is 13.3 Å². The average molecular weight is 484 g/mol. The van der Waals surface area contributed by atoms with Crippen LogP contribution in [0.25, 0.3) is 11.4 Å². The summed E-state index contributed by atoms with van der Waals surface area (Å²) in [4.78, 5) is 16.8. The van der Waals surface area contributed by atoms with Crippen LogP contribution in [-0.2, 0) is 21.2 Å². The van der Waals surface area contributed by atoms with E-state index in [0.717, 1.165) is 29.6 Å². The van der Waals surface area contributed by atoms with Gasteiger partial charge in [0.2, 0.25) is 5.91 Å². The first-order chi connectivity index (χ1) is 14.9. The molecular weight excluding hydrogens is 458 g/mol. The van der Waals surface area contributed by atoms with E-state index in [0.29, 0.717) is 36.8 Å². The monoisotopic (exact) mass is 483 g/mol. The summed E-state index contributed by atoms with van der Waals surface area (Å²) in [5.41, 5.74) is 0.932. The van der Waals surface area contributed by atoms with E-state index >= 15 is 0 Å². The van der Waals surface area contributed by atoms with Gasteiger partial charge < -0.3 is 9.47 Å². The summed E-state index contributed by atoms with van der Waals surface area (Å²) < 4.78 is 25.4. The molecule has 1 unspecified atom stereocenters. The predicted molar refractivity (Wildman–Crippen MR) is 122 cm³/mol. The van der Waals surface area contributed by atoms with Crippen LogP contribution in [0, 0.1) is 0 Å². The van der Waals surface area contributed by atoms with Crippen molar-refractivity contribution in [1.29, 1.82) is 0 Å². The number of rotatable bonds is 6. The van der Waals surface area contributed by atoms with Crippen molar-refractivity contribution in [3.63, 3.8) is 0 Å². The molecule has 0 radical (unpaired) electrons. The number of hydrogen-bond donors (Lipinski definition) is 0. The first-order valence-corrected chi connectivity index (χ1v) is 13.6. The van der Waals surface area contributed by atoms with Gasteiger partial charge in [0.1, 0.15) is 0 Å². The summed E-state index contributed by atoms with van der Waals surface area (Å²) >= 11 is 7.37. The summed E-state index contributed by atoms with van der Waals surface area (Å²) in [6, 6.07) is 7.57. The number of benzene rings is 1. The zero-order chi connectivity index (χ0) is 22.0. The fourth-order valence-electron chi connectivity index (χ4n) is 4.11. The Morgan fingerprint density at radius 3 is 2.48 bits per heavy atom. The number of hydrogen-bond acceptors (Lipinski definition) is 7. The van der Waals surface area contributed by atoms with Gasteiger partial charge in [0.05, 0.1) is 17.3 Å². The normalized spacial score (nSPS) is 21.5. The van der Waals surface area contributed by atoms with E-state index in [4.69, 9.17) is 11.6 Å². The Morgan fingerprint density at radius 2 is 1.87 bits per heavy atom. The highest BCUT2D eigenvalue weighted by atomic mass is 35.5. The lowest BCUT2D eigenvalue weighted by Crippen LogP contribution is -2.52. The molecule has 8 nitrogen and oxygen atoms in total. The molecule has 31 heavy (non-hydrogen) atoms. The smallest absolute Gasteiger partial charge is 0.233 e. The molecule has 3 heterocycles. The van der Waals surface area contributed by atoms with Crippen molar-refractivity contribution in [1.82, 2.24) is 24.6 Å². The van der Waals surface area contributed by atoms with E-state index in [9.17, 15) is 13.2 Å². The highest BCUT2D eigenvalue weighted by Crippen LogP contribution is 2.26. The van der Waals surface area contributed by atoms with Crippen LogP contribution in [0.2, 0.25) is 5.02 Å². The average Bonchev–Trinajstić information content (AvgIpc) is 3.35. The summed E-state index contributed by atoms with van der Waals surface area (Å²) in [5.74, 6) is 1.66. The van der Waals surface area contributed by atoms with Crippen molar-refractivity contribution in [3.8, 4) is 11.4 Å². The molecule has 2 saturated heterocycles. The van der Waals surface area contributed by atoms with Crippen LogP contribution >= 0.6 is 23.4 Å². The second-order valence-corrected chi connectivity index (χ2v) is 11.4. The third-order valence-electron chi connectivity index (χ3n) is 5.85. The number of halogens is 1. The van der Waals surface area contributed by atoms with Crippen LogP contribution < -0.4 is 0 Å². The van der Waals surface area contributed by atoms with Crippen molar-refractivity contribution in [3.05, 3.63) is 29.3 Å². The molecule has 1 atom stereocenters. The second kappa shape index (κ2) is 9.48. The van der Waals surface area contributed by atoms with Gasteiger partial charge in [0.15, 0.2) is 20.8 Å². The Bertz CT molecular complexity index is 1030. The Morgan fingerprint density at radius 1 is 1.16 bits per heavy atom. The van der Waals surface area contributed by atoms with Crippen LogP contribution in [0.3, 0.4) is 0 Å². The van der Waals surface area contributed by atoms with Gasteiger partial charge in [-0.05, 0) is 37.6 Å². The fourth-order valence-corrected chi connectivity index (χ4v) is 6.90. The molecule has 1 aromatic heterocycles. The van der Waals surface area contributed by atoms with E-state index < -0.39 is 9.84 Å². The van der Waals surface area contributed by atoms with Crippen LogP contribution in [0.15, 0.2) is 29.4 Å². The summed E-state index contributed by atoms with van der Waals surface area (Å²) in [6.07, 6.45) is 0.703. The molecule has 4 rings (SSSR count). The minimum absolute atomic E-state index is 0.0717. The maximum atomic E-state index is 12.7. The van der Waals surface area contributed by atoms with Crippen molar-refractivity contribution in [2.45, 2.75) is 31.1 Å². The molecule has 168 valence electrons. The van der Waals surface area contributed by atoms with Crippen LogP contribution in [0.5, 0.6) is 0 Å². The Labute approximate surface area is 191 Å². The number of amides is 1. The van der Waals surface area contributed by atoms with Gasteiger partial charge in [0, 0.05) is 49.4 Å². The minimum atomic E-state index is -2.89. The van der Waals surface area contributed by atoms with Gasteiger partial charge in [-0.3, -0.25) is 9.69 Å². The number of piperazine rings is 1. The van der Waals surface area contributed by atoms with Gasteiger partial charge in [-0.1, -0.05) is 23.4 Å². The summed E-state index contributed by atoms with van der Waals surface area (Å²) in [7, 11) is -2.89. The summed E-state index contributed by atoms with van der Waals surface area (Å²) in [6.45, 7) is 5.44. The van der Waals surface area contributed by atoms with Crippen molar-refractivity contribution in [2.24, 2.45) is 0 Å². The lowest BCUT2D eigenvalue weighted by atomic mass is 10.2. The number of aromatic nitrogens is 3. The number of sulfone groups is 1. The standard InChI is InChI=1S/C20H26ClN5O3S2/c1-2-26-19(15-3-5-16(21)6-4-15)22-23-20(26)30-13-18(27)25-10-8-24(9-11-25)17-7-12-31(28,29)14-17/h3-6,17H,2,7-14H2,1H3. The van der Waals surface area contributed by atoms with E-state index in [-0.39, 0.29) is 23.5 Å². The molecule has 1 amide bonds. The number of thioether (sulfide) groups is 1. The molecule has 2 aliphatic rings. The zero-order valence-electron chi connectivity index (χ0n) is 17.4. The largest absolute Gasteiger partial charge is 0.339 e. The first-order valence-electron chi connectivity index (χ1n) is 10.4. The van der Waals surface area contributed by atoms with Crippen LogP contribution in [0.4, 0.5) is 0 Å². The molecule has 2 aromatic rings. The van der Waals surface area contributed by atoms with E-state index in [1.165, 1.54) is 11.8 Å². The highest BCUT2D eigenvalue weighted by molar-refractivity contribution is 7.99. The Hall–Kier alpha value is -1.62. The molecule has 0 N–H and O–H groups in total. The molecule has 0 saturated carbocycles. The molecular formula is C20H26ClN5O3S2. The number of carbonyl (C=O) groups excluding carboxylic acids is 1. The van der Waals surface area contributed by atoms with E-state index in [1.807, 2.05) is 40.7 Å². The highest BCUT2D eigenvalue weighted by Gasteiger charge is 2.34. The molecule has 2 aliphatic heterocycles. The van der Waals surface area contributed by atoms with Crippen molar-refractivity contribution < 1.29 is 13.2 Å². The molecule has 0 spiro atoms. The Kier molecular flexibility index (Phi) is 6.90. The second-order valence-electron chi connectivity index (χ2n) is 7.82. The van der Waals surface area contributed by atoms with Gasteiger partial charge in [-0.25, -0.2) is 8.42 Å². The first kappa shape index (κ1) is 22.6. The van der Waals surface area contributed by atoms with Gasteiger partial charge in [-0.15, -0.1) is 10.2 Å². The quantitative estimate of drug-likeness (QED) is 0.581. The lowest BCUT2D eigenvalue weighted by molar-refractivity contribution is -0.130. The number of nitrogens with zero attached hydrogens (tertiary/aromatic N) is 5. The lowest BCUT2D eigenvalue weighted by Gasteiger charge is -2.37. The predicted octanol–water partition coefficient (Wildman–Crippen LogP) is 2.04. The van der Waals surface area contributed by atoms with Gasteiger partial charge in [0.25, 0.3) is 0 Å². The van der Waals surface area contributed by atoms with Gasteiger partial charge >= 0.3 is 0 Å². The fraction of sp³-hybridized carbons (Fsp3) is 0.550. The van der Waals surface area contributed by atoms with E-state index in [1.54, 1.807) is 0 Å². The molecule has 11 heteroatoms. The van der Waals surface area contributed by atoms with Gasteiger partial charge in [-0.2, -0.15) is 0 Å². The maximum absolute atomic E-state index is 12.7.